The minimum Gasteiger partial charge on any atom is -0.497 e. The van der Waals surface area contributed by atoms with Crippen LogP contribution in [0.15, 0.2) is 71.4 Å². The van der Waals surface area contributed by atoms with Crippen molar-refractivity contribution in [3.63, 3.8) is 0 Å². The predicted octanol–water partition coefficient (Wildman–Crippen LogP) is 3.56. The second-order valence-electron chi connectivity index (χ2n) is 7.25. The summed E-state index contributed by atoms with van der Waals surface area (Å²) < 4.78 is 33.4. The zero-order chi connectivity index (χ0) is 21.6. The van der Waals surface area contributed by atoms with Crippen molar-refractivity contribution in [2.45, 2.75) is 11.8 Å². The van der Waals surface area contributed by atoms with E-state index in [0.717, 1.165) is 23.2 Å². The Morgan fingerprint density at radius 2 is 1.93 bits per heavy atom. The summed E-state index contributed by atoms with van der Waals surface area (Å²) >= 11 is 0. The van der Waals surface area contributed by atoms with Gasteiger partial charge in [0.1, 0.15) is 5.75 Å². The summed E-state index contributed by atoms with van der Waals surface area (Å²) in [5.41, 5.74) is 2.29. The van der Waals surface area contributed by atoms with E-state index in [1.807, 2.05) is 37.4 Å². The number of pyridine rings is 1. The Morgan fingerprint density at radius 3 is 2.67 bits per heavy atom. The molecule has 0 spiro atoms. The molecule has 1 N–H and O–H groups in total. The van der Waals surface area contributed by atoms with E-state index in [9.17, 15) is 8.42 Å². The first-order chi connectivity index (χ1) is 14.4. The third-order valence-corrected chi connectivity index (χ3v) is 6.28. The quantitative estimate of drug-likeness (QED) is 0.568. The predicted molar refractivity (Wildman–Crippen MR) is 121 cm³/mol. The maximum Gasteiger partial charge on any atom is 0.241 e. The van der Waals surface area contributed by atoms with Gasteiger partial charge in [-0.1, -0.05) is 35.9 Å². The molecule has 6 nitrogen and oxygen atoms in total. The van der Waals surface area contributed by atoms with Gasteiger partial charge in [-0.25, -0.2) is 13.1 Å². The molecule has 0 aliphatic heterocycles. The number of nitrogens with one attached hydrogen (secondary N) is 1. The van der Waals surface area contributed by atoms with Gasteiger partial charge in [-0.3, -0.25) is 4.98 Å². The smallest absolute Gasteiger partial charge is 0.241 e. The van der Waals surface area contributed by atoms with Gasteiger partial charge in [0.15, 0.2) is 0 Å². The fraction of sp³-hybridized carbons (Fsp3) is 0.261. The number of methoxy groups -OCH3 is 1. The summed E-state index contributed by atoms with van der Waals surface area (Å²) in [6.07, 6.45) is 5.39. The molecular formula is C23H27N3O3S. The van der Waals surface area contributed by atoms with E-state index in [1.54, 1.807) is 37.7 Å². The SMILES string of the molecule is COc1ccc(C=C(C)CN(C)CCNS(=O)(=O)c2cccc3cnccc23)cc1. The number of sulfonamides is 1. The van der Waals surface area contributed by atoms with Gasteiger partial charge < -0.3 is 9.64 Å². The minimum absolute atomic E-state index is 0.278. The van der Waals surface area contributed by atoms with Crippen LogP contribution in [0.3, 0.4) is 0 Å². The van der Waals surface area contributed by atoms with Gasteiger partial charge >= 0.3 is 0 Å². The van der Waals surface area contributed by atoms with E-state index in [2.05, 4.69) is 27.6 Å². The van der Waals surface area contributed by atoms with Crippen LogP contribution in [-0.2, 0) is 10.0 Å². The standard InChI is InChI=1S/C23H27N3O3S/c1-18(15-19-7-9-21(29-3)10-8-19)17-26(2)14-13-25-30(27,28)23-6-4-5-20-16-24-12-11-22(20)23/h4-12,15-16,25H,13-14,17H2,1-3H3. The number of nitrogens with zero attached hydrogens (tertiary/aromatic N) is 2. The normalized spacial score (nSPS) is 12.5. The highest BCUT2D eigenvalue weighted by Crippen LogP contribution is 2.21. The number of aromatic nitrogens is 1. The molecule has 3 rings (SSSR count). The van der Waals surface area contributed by atoms with Crippen molar-refractivity contribution < 1.29 is 13.2 Å². The highest BCUT2D eigenvalue weighted by atomic mass is 32.2. The molecule has 1 aromatic heterocycles. The molecule has 0 fully saturated rings. The number of ether oxygens (including phenoxy) is 1. The highest BCUT2D eigenvalue weighted by Gasteiger charge is 2.16. The molecule has 3 aromatic rings. The third-order valence-electron chi connectivity index (χ3n) is 4.76. The van der Waals surface area contributed by atoms with Crippen LogP contribution in [0, 0.1) is 0 Å². The van der Waals surface area contributed by atoms with Gasteiger partial charge in [0.2, 0.25) is 10.0 Å². The molecule has 1 heterocycles. The van der Waals surface area contributed by atoms with Crippen molar-refractivity contribution in [3.05, 3.63) is 72.1 Å². The fourth-order valence-corrected chi connectivity index (χ4v) is 4.56. The lowest BCUT2D eigenvalue weighted by Gasteiger charge is -2.18. The average molecular weight is 426 g/mol. The number of benzene rings is 2. The van der Waals surface area contributed by atoms with Gasteiger partial charge in [-0.2, -0.15) is 0 Å². The Kier molecular flexibility index (Phi) is 7.20. The third kappa shape index (κ3) is 5.66. The van der Waals surface area contributed by atoms with Gasteiger partial charge in [-0.05, 0) is 43.8 Å². The van der Waals surface area contributed by atoms with Gasteiger partial charge in [0.05, 0.1) is 12.0 Å². The first kappa shape index (κ1) is 22.0. The molecule has 0 amide bonds. The van der Waals surface area contributed by atoms with Gasteiger partial charge in [0.25, 0.3) is 0 Å². The maximum absolute atomic E-state index is 12.8. The first-order valence-electron chi connectivity index (χ1n) is 9.71. The first-order valence-corrected chi connectivity index (χ1v) is 11.2. The summed E-state index contributed by atoms with van der Waals surface area (Å²) in [6, 6.07) is 14.8. The second-order valence-corrected chi connectivity index (χ2v) is 8.99. The lowest BCUT2D eigenvalue weighted by atomic mass is 10.1. The lowest BCUT2D eigenvalue weighted by molar-refractivity contribution is 0.368. The van der Waals surface area contributed by atoms with E-state index >= 15 is 0 Å². The van der Waals surface area contributed by atoms with Crippen LogP contribution in [0.25, 0.3) is 16.8 Å². The van der Waals surface area contributed by atoms with E-state index in [4.69, 9.17) is 4.74 Å². The van der Waals surface area contributed by atoms with Crippen molar-refractivity contribution >= 4 is 26.9 Å². The summed E-state index contributed by atoms with van der Waals surface area (Å²) in [6.45, 7) is 3.73. The Labute approximate surface area is 178 Å². The average Bonchev–Trinajstić information content (AvgIpc) is 2.73. The fourth-order valence-electron chi connectivity index (χ4n) is 3.31. The van der Waals surface area contributed by atoms with Crippen molar-refractivity contribution in [1.29, 1.82) is 0 Å². The van der Waals surface area contributed by atoms with Crippen LogP contribution in [-0.4, -0.2) is 52.1 Å². The van der Waals surface area contributed by atoms with Crippen molar-refractivity contribution in [2.75, 3.05) is 33.8 Å². The van der Waals surface area contributed by atoms with Gasteiger partial charge in [0, 0.05) is 42.8 Å². The molecule has 0 unspecified atom stereocenters. The Bertz CT molecular complexity index is 1120. The van der Waals surface area contributed by atoms with Crippen molar-refractivity contribution in [3.8, 4) is 5.75 Å². The Balaban J connectivity index is 1.56. The molecule has 0 radical (unpaired) electrons. The molecular weight excluding hydrogens is 398 g/mol. The largest absolute Gasteiger partial charge is 0.497 e. The zero-order valence-corrected chi connectivity index (χ0v) is 18.3. The lowest BCUT2D eigenvalue weighted by Crippen LogP contribution is -2.33. The van der Waals surface area contributed by atoms with Crippen molar-refractivity contribution in [2.24, 2.45) is 0 Å². The van der Waals surface area contributed by atoms with E-state index in [-0.39, 0.29) is 4.90 Å². The van der Waals surface area contributed by atoms with Crippen LogP contribution in [0.4, 0.5) is 0 Å². The van der Waals surface area contributed by atoms with Crippen molar-refractivity contribution in [1.82, 2.24) is 14.6 Å². The molecule has 7 heteroatoms. The number of fused-ring (bicyclic) bond motifs is 1. The molecule has 0 saturated heterocycles. The molecule has 2 aromatic carbocycles. The van der Waals surface area contributed by atoms with Crippen LogP contribution in [0.1, 0.15) is 12.5 Å². The zero-order valence-electron chi connectivity index (χ0n) is 17.5. The summed E-state index contributed by atoms with van der Waals surface area (Å²) in [5.74, 6) is 0.830. The Morgan fingerprint density at radius 1 is 1.17 bits per heavy atom. The van der Waals surface area contributed by atoms with Crippen LogP contribution >= 0.6 is 0 Å². The number of likely N-dealkylation sites (N-methyl/N-ethyl adjacent to an activating group) is 1. The molecule has 0 aliphatic rings. The molecule has 0 aliphatic carbocycles. The highest BCUT2D eigenvalue weighted by molar-refractivity contribution is 7.89. The minimum atomic E-state index is -3.60. The molecule has 30 heavy (non-hydrogen) atoms. The number of hydrogen-bond acceptors (Lipinski definition) is 5. The summed E-state index contributed by atoms with van der Waals surface area (Å²) in [4.78, 5) is 6.42. The second kappa shape index (κ2) is 9.84. The van der Waals surface area contributed by atoms with E-state index < -0.39 is 10.0 Å². The van der Waals surface area contributed by atoms with Crippen LogP contribution in [0.2, 0.25) is 0 Å². The topological polar surface area (TPSA) is 71.5 Å². The molecule has 158 valence electrons. The monoisotopic (exact) mass is 425 g/mol. The molecule has 0 saturated carbocycles. The Hall–Kier alpha value is -2.74. The number of rotatable bonds is 9. The number of hydrogen-bond donors (Lipinski definition) is 1. The van der Waals surface area contributed by atoms with Gasteiger partial charge in [-0.15, -0.1) is 0 Å². The van der Waals surface area contributed by atoms with Crippen LogP contribution in [0.5, 0.6) is 5.75 Å². The molecule has 0 bridgehead atoms. The van der Waals surface area contributed by atoms with E-state index in [0.29, 0.717) is 18.5 Å². The summed E-state index contributed by atoms with van der Waals surface area (Å²) in [5, 5.41) is 1.48. The molecule has 0 atom stereocenters. The maximum atomic E-state index is 12.8. The van der Waals surface area contributed by atoms with E-state index in [1.165, 1.54) is 5.57 Å². The summed E-state index contributed by atoms with van der Waals surface area (Å²) in [7, 11) is 0.0279. The van der Waals surface area contributed by atoms with Crippen LogP contribution < -0.4 is 9.46 Å².